The van der Waals surface area contributed by atoms with Gasteiger partial charge in [-0.1, -0.05) is 0 Å². The van der Waals surface area contributed by atoms with Crippen molar-refractivity contribution in [2.75, 3.05) is 46.0 Å². The first-order valence-electron chi connectivity index (χ1n) is 33.0. The number of carboxylic acids is 4. The van der Waals surface area contributed by atoms with Gasteiger partial charge in [-0.2, -0.15) is 47.0 Å². The maximum absolute atomic E-state index is 12.1. The van der Waals surface area contributed by atoms with Gasteiger partial charge in [-0.05, 0) is 73.1 Å². The molecule has 0 aromatic rings. The summed E-state index contributed by atoms with van der Waals surface area (Å²) in [6.45, 7) is 15.2. The van der Waals surface area contributed by atoms with Gasteiger partial charge in [0.2, 0.25) is 0 Å². The first-order chi connectivity index (χ1) is 49.2. The number of rotatable bonds is 20. The molecular weight excluding hydrogens is 1670 g/mol. The van der Waals surface area contributed by atoms with E-state index in [1.165, 1.54) is 0 Å². The first kappa shape index (κ1) is 116. The Balaban J connectivity index is 0.00000784. The monoisotopic (exact) mass is 1760 g/mol. The van der Waals surface area contributed by atoms with Crippen LogP contribution in [0.15, 0.2) is 0 Å². The van der Waals surface area contributed by atoms with Crippen LogP contribution in [0.3, 0.4) is 0 Å². The van der Waals surface area contributed by atoms with E-state index in [0.717, 1.165) is 47.0 Å². The van der Waals surface area contributed by atoms with E-state index in [4.69, 9.17) is 75.8 Å². The first-order valence-corrected chi connectivity index (χ1v) is 37.6. The van der Waals surface area contributed by atoms with Crippen LogP contribution in [-0.2, 0) is 95.0 Å². The van der Waals surface area contributed by atoms with Gasteiger partial charge >= 0.3 is 236 Å². The van der Waals surface area contributed by atoms with Crippen molar-refractivity contribution in [3.63, 3.8) is 0 Å². The number of carbonyl (C=O) groups is 4. The third-order valence-electron chi connectivity index (χ3n) is 18.4. The van der Waals surface area contributed by atoms with Crippen molar-refractivity contribution in [1.29, 1.82) is 0 Å². The predicted molar refractivity (Wildman–Crippen MR) is 334 cm³/mol. The molecule has 0 aromatic carbocycles. The third kappa shape index (κ3) is 30.0. The molecule has 0 aliphatic carbocycles. The van der Waals surface area contributed by atoms with E-state index in [9.17, 15) is 121 Å². The van der Waals surface area contributed by atoms with E-state index in [1.807, 2.05) is 0 Å². The van der Waals surface area contributed by atoms with Crippen LogP contribution >= 0.6 is 47.0 Å². The zero-order valence-electron chi connectivity index (χ0n) is 63.0. The number of carbonyl (C=O) groups excluding carboxylic acids is 4. The molecule has 30 aliphatic heterocycles. The second-order valence-corrected chi connectivity index (χ2v) is 30.4. The van der Waals surface area contributed by atoms with Crippen molar-refractivity contribution < 1.29 is 434 Å². The van der Waals surface area contributed by atoms with Crippen molar-refractivity contribution >= 4 is 70.9 Å². The Morgan fingerprint density at radius 2 is 0.357 bits per heavy atom. The maximum atomic E-state index is 12.1. The number of thioether (sulfide) groups is 4. The molecule has 16 N–H and O–H groups in total. The van der Waals surface area contributed by atoms with Crippen LogP contribution in [0.2, 0.25) is 0 Å². The fourth-order valence-electron chi connectivity index (χ4n) is 12.7. The number of hydrogen-bond donors (Lipinski definition) is 16. The Hall–Kier alpha value is 6.00. The molecule has 0 saturated carbocycles. The zero-order chi connectivity index (χ0) is 76.0. The van der Waals surface area contributed by atoms with Crippen molar-refractivity contribution in [2.45, 2.75) is 271 Å². The number of aliphatic hydroxyl groups is 16. The van der Waals surface area contributed by atoms with E-state index in [0.29, 0.717) is 0 Å². The number of aliphatic carboxylic acids is 4. The molecule has 30 fully saturated rings. The van der Waals surface area contributed by atoms with Crippen LogP contribution < -0.4 is 257 Å². The zero-order valence-corrected chi connectivity index (χ0v) is 82.3. The molecule has 0 radical (unpaired) electrons. The van der Waals surface area contributed by atoms with E-state index in [-0.39, 0.29) is 282 Å². The summed E-state index contributed by atoms with van der Waals surface area (Å²) in [6.07, 6.45) is -79.9. The van der Waals surface area contributed by atoms with E-state index >= 15 is 0 Å². The van der Waals surface area contributed by atoms with Gasteiger partial charge in [0.05, 0.1) is 48.8 Å². The van der Waals surface area contributed by atoms with Crippen molar-refractivity contribution in [2.24, 2.45) is 0 Å². The van der Waals surface area contributed by atoms with Gasteiger partial charge in [-0.3, -0.25) is 0 Å². The molecule has 0 amide bonds. The summed E-state index contributed by atoms with van der Waals surface area (Å²) in [5.74, 6) is -7.91. The fraction of sp³-hybridized carbons (Fsp3) is 0.867. The molecule has 52 heteroatoms. The van der Waals surface area contributed by atoms with Gasteiger partial charge in [0.25, 0.3) is 0 Å². The third-order valence-corrected chi connectivity index (χ3v) is 22.6. The summed E-state index contributed by atoms with van der Waals surface area (Å²) in [6, 6.07) is 0. The molecule has 16 bridgehead atoms. The van der Waals surface area contributed by atoms with Crippen LogP contribution in [0.4, 0.5) is 0 Å². The van der Waals surface area contributed by atoms with Crippen molar-refractivity contribution in [3.05, 3.63) is 27.7 Å². The number of carboxylic acid groups (broad SMARTS) is 4. The van der Waals surface area contributed by atoms with Crippen LogP contribution in [0.25, 0.3) is 0 Å². The molecule has 40 nitrogen and oxygen atoms in total. The van der Waals surface area contributed by atoms with Gasteiger partial charge in [0, 0.05) is 46.9 Å². The Bertz CT molecular complexity index is 2730. The second-order valence-electron chi connectivity index (χ2n) is 25.8. The molecule has 112 heavy (non-hydrogen) atoms. The normalized spacial score (nSPS) is 45.0. The molecule has 600 valence electrons. The molecule has 30 saturated heterocycles. The molecule has 30 aliphatic rings. The van der Waals surface area contributed by atoms with Crippen molar-refractivity contribution in [1.82, 2.24) is 0 Å². The summed E-state index contributed by atoms with van der Waals surface area (Å²) < 4.78 is 95.5. The van der Waals surface area contributed by atoms with Gasteiger partial charge in [-0.25, -0.2) is 0 Å². The Morgan fingerprint density at radius 3 is 0.509 bits per heavy atom. The predicted octanol–water partition coefficient (Wildman–Crippen LogP) is -38.5. The van der Waals surface area contributed by atoms with Crippen LogP contribution in [0, 0.1) is 27.7 Å². The largest absolute Gasteiger partial charge is 1.00 e. The molecular formula is C60H88Na8O40S4. The Kier molecular flexibility index (Phi) is 56.4. The molecule has 0 aromatic heterocycles. The summed E-state index contributed by atoms with van der Waals surface area (Å²) >= 11 is 3.51. The molecule has 30 heterocycles. The second kappa shape index (κ2) is 54.5. The van der Waals surface area contributed by atoms with E-state index in [2.05, 4.69) is 27.7 Å². The van der Waals surface area contributed by atoms with Crippen LogP contribution in [0.5, 0.6) is 0 Å². The maximum Gasteiger partial charge on any atom is 1.00 e. The van der Waals surface area contributed by atoms with Gasteiger partial charge in [0.15, 0.2) is 50.3 Å². The van der Waals surface area contributed by atoms with E-state index in [1.54, 1.807) is 0 Å². The minimum Gasteiger partial charge on any atom is -0.550 e. The van der Waals surface area contributed by atoms with E-state index < -0.39 is 295 Å². The van der Waals surface area contributed by atoms with Crippen molar-refractivity contribution in [3.8, 4) is 0 Å². The van der Waals surface area contributed by atoms with Gasteiger partial charge < -0.3 is 225 Å². The Morgan fingerprint density at radius 1 is 0.223 bits per heavy atom. The smallest absolute Gasteiger partial charge is 0.550 e. The number of aliphatic hydroxyl groups excluding tert-OH is 16. The van der Waals surface area contributed by atoms with Crippen LogP contribution in [0.1, 0.15) is 25.7 Å². The Labute approximate surface area is 837 Å². The minimum absolute atomic E-state index is 0. The molecule has 0 spiro atoms. The average molecular weight is 1760 g/mol. The summed E-state index contributed by atoms with van der Waals surface area (Å²) in [5.41, 5.74) is 0. The summed E-state index contributed by atoms with van der Waals surface area (Å²) in [7, 11) is 0. The van der Waals surface area contributed by atoms with Gasteiger partial charge in [0.1, 0.15) is 122 Å². The number of hydrogen-bond acceptors (Lipinski definition) is 44. The fourth-order valence-corrected chi connectivity index (χ4v) is 16.6. The van der Waals surface area contributed by atoms with Gasteiger partial charge in [-0.15, -0.1) is 0 Å². The standard InChI is InChI=1S/C60H92O40S4.8Na/c1-17-45-30(70)38(78)54(86-17)95-47-19(3)88-56(40(80)32(47)72)97-49-21(13-101-9-5-25(61)62)90-58(42(82)34(49)74)99-51-23(15-103-11-7-27(65)66)92-60(44(84)36(51)76)100-52-24(16-104-12-8-28(67)68)91-59(43(83)35(52)75)98-50-22(14-102-10-6-26(63)64)89-57(41(81)33(50)73)96-48-20(4)87-55(39(79)31(48)71)94-46-18(2)85-53(93-45)37(77)29(46)69;;;;;;;;/h17-24,29-60,69-84H,1-16H2,(H,61,62)(H,63,64)(H,65,66)(H,67,68);;;;;;;;/q-4;8*+1/p-4. The quantitative estimate of drug-likeness (QED) is 0.0306. The van der Waals surface area contributed by atoms with Crippen LogP contribution in [-0.4, -0.2) is 397 Å². The molecule has 40 atom stereocenters. The summed E-state index contributed by atoms with van der Waals surface area (Å²) in [4.78, 5) is 45.9. The average Bonchev–Trinajstić information content (AvgIpc) is 0.777. The molecule has 30 rings (SSSR count). The topological polar surface area (TPSA) is 632 Å². The minimum atomic E-state index is -2.27. The number of ether oxygens (including phenoxy) is 16. The summed E-state index contributed by atoms with van der Waals surface area (Å²) in [5, 5.41) is 233. The SMILES string of the molecule is [CH2-]C1OC2OC3C([CH2-])OC(OC4C(CSCCC(=O)[O-])OC(OC5C(CSCCC(=O)[O-])OC(OC6C(CSCCC(=O)[O-])OC(OC7C(CSCCC(=O)[O-])OC(OC8C([CH2-])OC(OC9C([CH2-])OC(OC1C(O)C2O)C(O)C9O)C(O)C8O)C(O)C7O)C(O)C6O)C(O)C5O)C(O)C4O)C(O)C3O.[Na+].[Na+].[Na+].[Na+].[Na+].[Na+].[Na+].[Na+]. The molecule has 40 unspecified atom stereocenters.